The first-order chi connectivity index (χ1) is 8.56. The summed E-state index contributed by atoms with van der Waals surface area (Å²) in [6.07, 6.45) is 3.50. The van der Waals surface area contributed by atoms with Crippen molar-refractivity contribution >= 4 is 21.8 Å². The van der Waals surface area contributed by atoms with Gasteiger partial charge < -0.3 is 5.32 Å². The van der Waals surface area contributed by atoms with Gasteiger partial charge in [0.2, 0.25) is 0 Å². The number of nitrogens with one attached hydrogen (secondary N) is 1. The largest absolute Gasteiger partial charge is 0.334 e. The number of nitriles is 1. The summed E-state index contributed by atoms with van der Waals surface area (Å²) in [6.45, 7) is 1.97. The Hall–Kier alpha value is -1.34. The Bertz CT molecular complexity index is 513. The summed E-state index contributed by atoms with van der Waals surface area (Å²) in [5, 5.41) is 12.1. The number of benzene rings is 1. The molecular formula is C14H15BrN2O. The van der Waals surface area contributed by atoms with Crippen LogP contribution in [0.25, 0.3) is 0 Å². The van der Waals surface area contributed by atoms with Crippen molar-refractivity contribution in [3.8, 4) is 6.07 Å². The zero-order valence-electron chi connectivity index (χ0n) is 10.3. The molecule has 1 fully saturated rings. The van der Waals surface area contributed by atoms with Crippen molar-refractivity contribution in [3.63, 3.8) is 0 Å². The van der Waals surface area contributed by atoms with E-state index in [1.54, 1.807) is 6.07 Å². The molecule has 0 radical (unpaired) electrons. The molecule has 0 bridgehead atoms. The van der Waals surface area contributed by atoms with Crippen LogP contribution in [-0.4, -0.2) is 11.4 Å². The predicted octanol–water partition coefficient (Wildman–Crippen LogP) is 3.32. The van der Waals surface area contributed by atoms with E-state index in [2.05, 4.69) is 27.3 Å². The highest BCUT2D eigenvalue weighted by Gasteiger charge is 2.35. The topological polar surface area (TPSA) is 52.9 Å². The second-order valence-electron chi connectivity index (χ2n) is 4.84. The van der Waals surface area contributed by atoms with Gasteiger partial charge in [0.1, 0.15) is 5.54 Å². The van der Waals surface area contributed by atoms with Gasteiger partial charge in [-0.1, -0.05) is 6.07 Å². The average Bonchev–Trinajstić information content (AvgIpc) is 2.78. The quantitative estimate of drug-likeness (QED) is 0.911. The van der Waals surface area contributed by atoms with Gasteiger partial charge in [-0.05, 0) is 66.2 Å². The summed E-state index contributed by atoms with van der Waals surface area (Å²) < 4.78 is 0.770. The van der Waals surface area contributed by atoms with Crippen LogP contribution in [0, 0.1) is 18.3 Å². The van der Waals surface area contributed by atoms with E-state index in [9.17, 15) is 10.1 Å². The van der Waals surface area contributed by atoms with E-state index in [0.717, 1.165) is 35.7 Å². The molecule has 0 aliphatic heterocycles. The SMILES string of the molecule is Cc1ccc(C(=O)NC2(C#N)CCCC2)c(Br)c1. The van der Waals surface area contributed by atoms with Crippen molar-refractivity contribution < 1.29 is 4.79 Å². The maximum Gasteiger partial charge on any atom is 0.253 e. The molecule has 0 spiro atoms. The molecule has 18 heavy (non-hydrogen) atoms. The number of hydrogen-bond donors (Lipinski definition) is 1. The molecule has 1 aromatic rings. The van der Waals surface area contributed by atoms with Crippen LogP contribution in [0.2, 0.25) is 0 Å². The van der Waals surface area contributed by atoms with Crippen molar-refractivity contribution in [2.45, 2.75) is 38.1 Å². The van der Waals surface area contributed by atoms with Gasteiger partial charge in [-0.15, -0.1) is 0 Å². The molecule has 94 valence electrons. The van der Waals surface area contributed by atoms with Crippen LogP contribution in [0.3, 0.4) is 0 Å². The summed E-state index contributed by atoms with van der Waals surface area (Å²) in [5.74, 6) is -0.176. The smallest absolute Gasteiger partial charge is 0.253 e. The molecule has 2 rings (SSSR count). The van der Waals surface area contributed by atoms with E-state index in [4.69, 9.17) is 0 Å². The number of aryl methyl sites for hydroxylation is 1. The first-order valence-electron chi connectivity index (χ1n) is 6.06. The summed E-state index contributed by atoms with van der Waals surface area (Å²) >= 11 is 3.39. The highest BCUT2D eigenvalue weighted by Crippen LogP contribution is 2.29. The lowest BCUT2D eigenvalue weighted by Crippen LogP contribution is -2.45. The molecule has 1 saturated carbocycles. The minimum atomic E-state index is -0.665. The zero-order chi connectivity index (χ0) is 13.2. The van der Waals surface area contributed by atoms with Crippen LogP contribution in [0.4, 0.5) is 0 Å². The summed E-state index contributed by atoms with van der Waals surface area (Å²) in [7, 11) is 0. The molecule has 0 heterocycles. The number of amides is 1. The molecule has 1 aliphatic rings. The minimum absolute atomic E-state index is 0.176. The van der Waals surface area contributed by atoms with Crippen LogP contribution in [0.5, 0.6) is 0 Å². The van der Waals surface area contributed by atoms with E-state index in [0.29, 0.717) is 5.56 Å². The number of halogens is 1. The van der Waals surface area contributed by atoms with Gasteiger partial charge >= 0.3 is 0 Å². The highest BCUT2D eigenvalue weighted by atomic mass is 79.9. The van der Waals surface area contributed by atoms with E-state index < -0.39 is 5.54 Å². The van der Waals surface area contributed by atoms with E-state index >= 15 is 0 Å². The lowest BCUT2D eigenvalue weighted by molar-refractivity contribution is 0.0920. The molecule has 4 heteroatoms. The fourth-order valence-corrected chi connectivity index (χ4v) is 3.01. The molecular weight excluding hydrogens is 292 g/mol. The lowest BCUT2D eigenvalue weighted by atomic mass is 9.99. The van der Waals surface area contributed by atoms with Crippen LogP contribution >= 0.6 is 15.9 Å². The lowest BCUT2D eigenvalue weighted by Gasteiger charge is -2.22. The first kappa shape index (κ1) is 13.1. The fraction of sp³-hybridized carbons (Fsp3) is 0.429. The van der Waals surface area contributed by atoms with Crippen molar-refractivity contribution in [2.75, 3.05) is 0 Å². The second kappa shape index (κ2) is 5.11. The molecule has 1 aromatic carbocycles. The number of rotatable bonds is 2. The third kappa shape index (κ3) is 2.56. The van der Waals surface area contributed by atoms with Crippen molar-refractivity contribution in [2.24, 2.45) is 0 Å². The molecule has 0 aromatic heterocycles. The molecule has 3 nitrogen and oxygen atoms in total. The number of carbonyl (C=O) groups excluding carboxylic acids is 1. The van der Waals surface area contributed by atoms with Gasteiger partial charge in [0, 0.05) is 4.47 Å². The fourth-order valence-electron chi connectivity index (χ4n) is 2.33. The maximum absolute atomic E-state index is 12.2. The van der Waals surface area contributed by atoms with E-state index in [-0.39, 0.29) is 5.91 Å². The molecule has 0 atom stereocenters. The van der Waals surface area contributed by atoms with Crippen LogP contribution in [-0.2, 0) is 0 Å². The normalized spacial score (nSPS) is 17.2. The Balaban J connectivity index is 2.19. The monoisotopic (exact) mass is 306 g/mol. The van der Waals surface area contributed by atoms with Crippen molar-refractivity contribution in [1.82, 2.24) is 5.32 Å². The van der Waals surface area contributed by atoms with Gasteiger partial charge in [0.15, 0.2) is 0 Å². The van der Waals surface area contributed by atoms with Crippen molar-refractivity contribution in [1.29, 1.82) is 5.26 Å². The Morgan fingerprint density at radius 2 is 2.11 bits per heavy atom. The Kier molecular flexibility index (Phi) is 3.72. The van der Waals surface area contributed by atoms with Crippen LogP contribution < -0.4 is 5.32 Å². The highest BCUT2D eigenvalue weighted by molar-refractivity contribution is 9.10. The molecule has 0 saturated heterocycles. The van der Waals surface area contributed by atoms with Crippen molar-refractivity contribution in [3.05, 3.63) is 33.8 Å². The molecule has 1 N–H and O–H groups in total. The standard InChI is InChI=1S/C14H15BrN2O/c1-10-4-5-11(12(15)8-10)13(18)17-14(9-16)6-2-3-7-14/h4-5,8H,2-3,6-7H2,1H3,(H,17,18). The van der Waals surface area contributed by atoms with Gasteiger partial charge in [0.05, 0.1) is 11.6 Å². The summed E-state index contributed by atoms with van der Waals surface area (Å²) in [5.41, 5.74) is 1.01. The van der Waals surface area contributed by atoms with E-state index in [1.807, 2.05) is 19.1 Å². The van der Waals surface area contributed by atoms with E-state index in [1.165, 1.54) is 0 Å². The number of carbonyl (C=O) groups is 1. The number of nitrogens with zero attached hydrogens (tertiary/aromatic N) is 1. The molecule has 0 unspecified atom stereocenters. The Morgan fingerprint density at radius 3 is 2.67 bits per heavy atom. The third-order valence-electron chi connectivity index (χ3n) is 3.39. The van der Waals surface area contributed by atoms with Gasteiger partial charge in [-0.2, -0.15) is 5.26 Å². The number of hydrogen-bond acceptors (Lipinski definition) is 2. The summed E-state index contributed by atoms with van der Waals surface area (Å²) in [4.78, 5) is 12.2. The molecule has 1 amide bonds. The molecule has 1 aliphatic carbocycles. The predicted molar refractivity (Wildman–Crippen MR) is 73.2 cm³/mol. The first-order valence-corrected chi connectivity index (χ1v) is 6.85. The Labute approximate surface area is 115 Å². The van der Waals surface area contributed by atoms with Gasteiger partial charge in [0.25, 0.3) is 5.91 Å². The average molecular weight is 307 g/mol. The Morgan fingerprint density at radius 1 is 1.44 bits per heavy atom. The van der Waals surface area contributed by atoms with Crippen LogP contribution in [0.1, 0.15) is 41.6 Å². The summed E-state index contributed by atoms with van der Waals surface area (Å²) in [6, 6.07) is 7.85. The third-order valence-corrected chi connectivity index (χ3v) is 4.05. The second-order valence-corrected chi connectivity index (χ2v) is 5.69. The zero-order valence-corrected chi connectivity index (χ0v) is 11.9. The van der Waals surface area contributed by atoms with Crippen LogP contribution in [0.15, 0.2) is 22.7 Å². The minimum Gasteiger partial charge on any atom is -0.334 e. The van der Waals surface area contributed by atoms with Gasteiger partial charge in [-0.3, -0.25) is 4.79 Å². The maximum atomic E-state index is 12.2. The van der Waals surface area contributed by atoms with Gasteiger partial charge in [-0.25, -0.2) is 0 Å².